The van der Waals surface area contributed by atoms with Crippen molar-refractivity contribution in [3.05, 3.63) is 47.8 Å². The van der Waals surface area contributed by atoms with Gasteiger partial charge in [-0.1, -0.05) is 18.2 Å². The summed E-state index contributed by atoms with van der Waals surface area (Å²) in [5.41, 5.74) is 0.361. The van der Waals surface area contributed by atoms with Crippen LogP contribution in [0.15, 0.2) is 52.5 Å². The predicted molar refractivity (Wildman–Crippen MR) is 54.7 cm³/mol. The summed E-state index contributed by atoms with van der Waals surface area (Å²) < 4.78 is 0. The first-order valence-electron chi connectivity index (χ1n) is 4.49. The number of nitrogens with zero attached hydrogens (tertiary/aromatic N) is 3. The van der Waals surface area contributed by atoms with Crippen LogP contribution in [0.25, 0.3) is 0 Å². The highest BCUT2D eigenvalue weighted by atomic mass is 16.2. The smallest absolute Gasteiger partial charge is 0.267 e. The zero-order valence-corrected chi connectivity index (χ0v) is 8.20. The third kappa shape index (κ3) is 1.73. The van der Waals surface area contributed by atoms with Gasteiger partial charge in [0.2, 0.25) is 0 Å². The minimum absolute atomic E-state index is 0.0335. The molecule has 0 fully saturated rings. The highest BCUT2D eigenvalue weighted by molar-refractivity contribution is 6.03. The Balaban J connectivity index is 2.21. The molecule has 1 aromatic carbocycles. The lowest BCUT2D eigenvalue weighted by Crippen LogP contribution is -2.38. The van der Waals surface area contributed by atoms with E-state index in [1.807, 2.05) is 0 Å². The van der Waals surface area contributed by atoms with Gasteiger partial charge in [0.05, 0.1) is 6.20 Å². The zero-order chi connectivity index (χ0) is 11.5. The van der Waals surface area contributed by atoms with Gasteiger partial charge in [0, 0.05) is 5.56 Å². The monoisotopic (exact) mass is 216 g/mol. The minimum atomic E-state index is -0.619. The van der Waals surface area contributed by atoms with E-state index in [0.29, 0.717) is 5.56 Å². The van der Waals surface area contributed by atoms with E-state index in [9.17, 15) is 9.59 Å². The van der Waals surface area contributed by atoms with Crippen molar-refractivity contribution in [2.24, 2.45) is 16.1 Å². The average molecular weight is 216 g/mol. The number of carbonyl (C=O) groups excluding carboxylic acids is 2. The summed E-state index contributed by atoms with van der Waals surface area (Å²) in [6.07, 6.45) is 1.16. The molecule has 1 heterocycles. The standard InChI is InChI=1S/C10H8N4O2/c11-14(8-6-12-13-9(8)15)10(16)7-4-2-1-3-5-7/h1-6H,11H2. The minimum Gasteiger partial charge on any atom is -0.267 e. The summed E-state index contributed by atoms with van der Waals surface area (Å²) in [6.45, 7) is 0. The Morgan fingerprint density at radius 3 is 2.50 bits per heavy atom. The van der Waals surface area contributed by atoms with Gasteiger partial charge >= 0.3 is 5.91 Å². The lowest BCUT2D eigenvalue weighted by molar-refractivity contribution is -0.115. The summed E-state index contributed by atoms with van der Waals surface area (Å²) >= 11 is 0. The van der Waals surface area contributed by atoms with Crippen molar-refractivity contribution in [3.8, 4) is 0 Å². The van der Waals surface area contributed by atoms with Crippen molar-refractivity contribution in [2.75, 3.05) is 0 Å². The largest absolute Gasteiger partial charge is 0.315 e. The number of carbonyl (C=O) groups is 2. The van der Waals surface area contributed by atoms with Crippen LogP contribution in [0, 0.1) is 0 Å². The van der Waals surface area contributed by atoms with Crippen LogP contribution in [0.3, 0.4) is 0 Å². The highest BCUT2D eigenvalue weighted by Crippen LogP contribution is 2.12. The number of benzene rings is 1. The van der Waals surface area contributed by atoms with E-state index in [1.165, 1.54) is 0 Å². The second kappa shape index (κ2) is 4.03. The van der Waals surface area contributed by atoms with Gasteiger partial charge < -0.3 is 0 Å². The Labute approximate surface area is 91.0 Å². The van der Waals surface area contributed by atoms with E-state index in [4.69, 9.17) is 5.84 Å². The van der Waals surface area contributed by atoms with E-state index in [0.717, 1.165) is 11.2 Å². The first-order valence-corrected chi connectivity index (χ1v) is 4.49. The van der Waals surface area contributed by atoms with Crippen LogP contribution >= 0.6 is 0 Å². The van der Waals surface area contributed by atoms with Crippen LogP contribution in [0.5, 0.6) is 0 Å². The molecule has 1 aromatic rings. The number of hydrogen-bond donors (Lipinski definition) is 1. The zero-order valence-electron chi connectivity index (χ0n) is 8.20. The molecule has 6 nitrogen and oxygen atoms in total. The molecule has 0 aliphatic carbocycles. The fraction of sp³-hybridized carbons (Fsp3) is 0. The second-order valence-corrected chi connectivity index (χ2v) is 3.08. The van der Waals surface area contributed by atoms with Gasteiger partial charge in [0.25, 0.3) is 5.91 Å². The van der Waals surface area contributed by atoms with Crippen LogP contribution in [0.4, 0.5) is 0 Å². The molecule has 2 N–H and O–H groups in total. The molecule has 16 heavy (non-hydrogen) atoms. The molecular formula is C10H8N4O2. The van der Waals surface area contributed by atoms with E-state index in [1.54, 1.807) is 30.3 Å². The normalized spacial score (nSPS) is 13.8. The summed E-state index contributed by atoms with van der Waals surface area (Å²) in [6, 6.07) is 8.41. The lowest BCUT2D eigenvalue weighted by Gasteiger charge is -2.14. The lowest BCUT2D eigenvalue weighted by atomic mass is 10.2. The van der Waals surface area contributed by atoms with Crippen LogP contribution < -0.4 is 5.84 Å². The van der Waals surface area contributed by atoms with Crippen LogP contribution in [-0.2, 0) is 4.79 Å². The molecular weight excluding hydrogens is 208 g/mol. The Bertz CT molecular complexity index is 493. The van der Waals surface area contributed by atoms with Crippen molar-refractivity contribution >= 4 is 11.8 Å². The van der Waals surface area contributed by atoms with E-state index in [-0.39, 0.29) is 5.70 Å². The van der Waals surface area contributed by atoms with Gasteiger partial charge in [0.15, 0.2) is 0 Å². The van der Waals surface area contributed by atoms with Crippen LogP contribution in [0.2, 0.25) is 0 Å². The number of nitrogens with two attached hydrogens (primary N) is 1. The summed E-state index contributed by atoms with van der Waals surface area (Å²) in [7, 11) is 0. The van der Waals surface area contributed by atoms with Crippen LogP contribution in [0.1, 0.15) is 10.4 Å². The molecule has 2 amide bonds. The SMILES string of the molecule is NN(C(=O)c1ccccc1)C1=CN=NC1=O. The third-order valence-electron chi connectivity index (χ3n) is 2.05. The molecule has 0 bridgehead atoms. The molecule has 0 radical (unpaired) electrons. The number of azo groups is 1. The Kier molecular flexibility index (Phi) is 2.57. The Morgan fingerprint density at radius 2 is 1.94 bits per heavy atom. The molecule has 0 saturated heterocycles. The quantitative estimate of drug-likeness (QED) is 0.451. The van der Waals surface area contributed by atoms with Crippen LogP contribution in [-0.4, -0.2) is 16.8 Å². The number of hydrogen-bond acceptors (Lipinski definition) is 4. The first kappa shape index (κ1) is 10.2. The topological polar surface area (TPSA) is 88.1 Å². The van der Waals surface area contributed by atoms with Gasteiger partial charge in [-0.15, -0.1) is 5.11 Å². The van der Waals surface area contributed by atoms with Gasteiger partial charge in [-0.3, -0.25) is 9.59 Å². The fourth-order valence-corrected chi connectivity index (χ4v) is 1.24. The highest BCUT2D eigenvalue weighted by Gasteiger charge is 2.24. The maximum Gasteiger partial charge on any atom is 0.315 e. The Morgan fingerprint density at radius 1 is 1.25 bits per heavy atom. The molecule has 0 spiro atoms. The number of rotatable bonds is 2. The van der Waals surface area contributed by atoms with E-state index < -0.39 is 11.8 Å². The fourth-order valence-electron chi connectivity index (χ4n) is 1.24. The number of amides is 2. The van der Waals surface area contributed by atoms with Crippen molar-refractivity contribution < 1.29 is 9.59 Å². The maximum absolute atomic E-state index is 11.8. The summed E-state index contributed by atoms with van der Waals surface area (Å²) in [5.74, 6) is 4.42. The molecule has 6 heteroatoms. The predicted octanol–water partition coefficient (Wildman–Crippen LogP) is 0.836. The number of hydrazine groups is 1. The van der Waals surface area contributed by atoms with Gasteiger partial charge in [0.1, 0.15) is 5.70 Å². The van der Waals surface area contributed by atoms with Crippen molar-refractivity contribution in [2.45, 2.75) is 0 Å². The Hall–Kier alpha value is -2.34. The third-order valence-corrected chi connectivity index (χ3v) is 2.05. The molecule has 0 unspecified atom stereocenters. The summed E-state index contributed by atoms with van der Waals surface area (Å²) in [4.78, 5) is 23.0. The summed E-state index contributed by atoms with van der Waals surface area (Å²) in [5, 5.41) is 7.36. The molecule has 2 rings (SSSR count). The van der Waals surface area contributed by atoms with Crippen molar-refractivity contribution in [1.29, 1.82) is 0 Å². The van der Waals surface area contributed by atoms with Gasteiger partial charge in [-0.2, -0.15) is 5.11 Å². The molecule has 0 saturated carbocycles. The molecule has 1 aliphatic rings. The van der Waals surface area contributed by atoms with E-state index in [2.05, 4.69) is 10.2 Å². The van der Waals surface area contributed by atoms with Gasteiger partial charge in [-0.25, -0.2) is 10.9 Å². The molecule has 0 aromatic heterocycles. The second-order valence-electron chi connectivity index (χ2n) is 3.08. The van der Waals surface area contributed by atoms with Crippen molar-refractivity contribution in [1.82, 2.24) is 5.01 Å². The van der Waals surface area contributed by atoms with Crippen molar-refractivity contribution in [3.63, 3.8) is 0 Å². The average Bonchev–Trinajstić information content (AvgIpc) is 2.75. The van der Waals surface area contributed by atoms with E-state index >= 15 is 0 Å². The molecule has 1 aliphatic heterocycles. The van der Waals surface area contributed by atoms with Gasteiger partial charge in [-0.05, 0) is 12.1 Å². The maximum atomic E-state index is 11.8. The molecule has 0 atom stereocenters. The first-order chi connectivity index (χ1) is 7.70. The molecule has 80 valence electrons.